The van der Waals surface area contributed by atoms with Gasteiger partial charge < -0.3 is 5.32 Å². The molecule has 0 saturated heterocycles. The number of para-hydroxylation sites is 1. The van der Waals surface area contributed by atoms with Gasteiger partial charge in [-0.05, 0) is 53.0 Å². The van der Waals surface area contributed by atoms with Crippen LogP contribution in [-0.4, -0.2) is 16.5 Å². The van der Waals surface area contributed by atoms with E-state index in [0.717, 1.165) is 34.5 Å². The molecule has 2 heterocycles. The first-order valence-corrected chi connectivity index (χ1v) is 7.73. The summed E-state index contributed by atoms with van der Waals surface area (Å²) in [4.78, 5) is 8.98. The lowest BCUT2D eigenvalue weighted by Crippen LogP contribution is -2.07. The summed E-state index contributed by atoms with van der Waals surface area (Å²) < 4.78 is 1.03. The molecular formula is C17H16BrN3. The van der Waals surface area contributed by atoms with E-state index in [1.165, 1.54) is 10.9 Å². The van der Waals surface area contributed by atoms with Gasteiger partial charge in [-0.3, -0.25) is 4.98 Å². The van der Waals surface area contributed by atoms with Crippen LogP contribution < -0.4 is 5.32 Å². The smallest absolute Gasteiger partial charge is 0.126 e. The zero-order valence-electron chi connectivity index (χ0n) is 11.8. The van der Waals surface area contributed by atoms with Crippen LogP contribution in [0.15, 0.2) is 53.1 Å². The van der Waals surface area contributed by atoms with Crippen molar-refractivity contribution in [2.75, 3.05) is 11.9 Å². The molecule has 1 N–H and O–H groups in total. The lowest BCUT2D eigenvalue weighted by atomic mass is 10.1. The predicted octanol–water partition coefficient (Wildman–Crippen LogP) is 4.36. The molecule has 0 bridgehead atoms. The Bertz CT molecular complexity index is 766. The highest BCUT2D eigenvalue weighted by atomic mass is 79.9. The quantitative estimate of drug-likeness (QED) is 0.766. The number of anilines is 1. The molecule has 0 aliphatic carbocycles. The SMILES string of the molecule is Cc1nc(NCCc2cccc3cccnc23)ccc1Br. The average Bonchev–Trinajstić information content (AvgIpc) is 2.51. The van der Waals surface area contributed by atoms with Crippen molar-refractivity contribution in [1.29, 1.82) is 0 Å². The van der Waals surface area contributed by atoms with Crippen molar-refractivity contribution in [1.82, 2.24) is 9.97 Å². The second-order valence-corrected chi connectivity index (χ2v) is 5.79. The Kier molecular flexibility index (Phi) is 4.15. The molecule has 3 nitrogen and oxygen atoms in total. The van der Waals surface area contributed by atoms with Gasteiger partial charge in [-0.2, -0.15) is 0 Å². The Morgan fingerprint density at radius 3 is 2.81 bits per heavy atom. The Morgan fingerprint density at radius 1 is 1.10 bits per heavy atom. The topological polar surface area (TPSA) is 37.8 Å². The lowest BCUT2D eigenvalue weighted by Gasteiger charge is -2.08. The Labute approximate surface area is 132 Å². The molecule has 0 amide bonds. The third kappa shape index (κ3) is 3.22. The van der Waals surface area contributed by atoms with Gasteiger partial charge in [0.2, 0.25) is 0 Å². The van der Waals surface area contributed by atoms with Crippen molar-refractivity contribution in [2.45, 2.75) is 13.3 Å². The minimum atomic E-state index is 0.837. The molecule has 0 unspecified atom stereocenters. The fourth-order valence-electron chi connectivity index (χ4n) is 2.34. The lowest BCUT2D eigenvalue weighted by molar-refractivity contribution is 1.00. The summed E-state index contributed by atoms with van der Waals surface area (Å²) >= 11 is 3.46. The van der Waals surface area contributed by atoms with Crippen LogP contribution in [0.5, 0.6) is 0 Å². The number of aryl methyl sites for hydroxylation is 1. The number of nitrogens with one attached hydrogen (secondary N) is 1. The van der Waals surface area contributed by atoms with Gasteiger partial charge in [0.05, 0.1) is 11.2 Å². The highest BCUT2D eigenvalue weighted by Gasteiger charge is 2.02. The van der Waals surface area contributed by atoms with Crippen molar-refractivity contribution in [3.05, 3.63) is 64.4 Å². The van der Waals surface area contributed by atoms with Gasteiger partial charge in [-0.15, -0.1) is 0 Å². The van der Waals surface area contributed by atoms with E-state index in [1.54, 1.807) is 0 Å². The summed E-state index contributed by atoms with van der Waals surface area (Å²) in [7, 11) is 0. The molecule has 0 saturated carbocycles. The summed E-state index contributed by atoms with van der Waals surface area (Å²) in [5, 5.41) is 4.55. The van der Waals surface area contributed by atoms with Crippen molar-refractivity contribution >= 4 is 32.7 Å². The van der Waals surface area contributed by atoms with Gasteiger partial charge in [-0.25, -0.2) is 4.98 Å². The van der Waals surface area contributed by atoms with Crippen LogP contribution in [0, 0.1) is 6.92 Å². The monoisotopic (exact) mass is 341 g/mol. The number of rotatable bonds is 4. The van der Waals surface area contributed by atoms with Gasteiger partial charge in [0, 0.05) is 22.6 Å². The van der Waals surface area contributed by atoms with E-state index in [9.17, 15) is 0 Å². The third-order valence-electron chi connectivity index (χ3n) is 3.44. The Hall–Kier alpha value is -1.94. The average molecular weight is 342 g/mol. The number of aromatic nitrogens is 2. The number of nitrogens with zero attached hydrogens (tertiary/aromatic N) is 2. The first-order chi connectivity index (χ1) is 10.2. The second kappa shape index (κ2) is 6.22. The summed E-state index contributed by atoms with van der Waals surface area (Å²) in [6.07, 6.45) is 2.77. The fourth-order valence-corrected chi connectivity index (χ4v) is 2.56. The first-order valence-electron chi connectivity index (χ1n) is 6.94. The summed E-state index contributed by atoms with van der Waals surface area (Å²) in [5.74, 6) is 0.906. The molecule has 0 aliphatic rings. The van der Waals surface area contributed by atoms with Crippen LogP contribution in [0.1, 0.15) is 11.3 Å². The number of halogens is 1. The minimum Gasteiger partial charge on any atom is -0.370 e. The van der Waals surface area contributed by atoms with Gasteiger partial charge in [0.1, 0.15) is 5.82 Å². The van der Waals surface area contributed by atoms with Crippen LogP contribution in [0.25, 0.3) is 10.9 Å². The van der Waals surface area contributed by atoms with Crippen LogP contribution >= 0.6 is 15.9 Å². The first kappa shape index (κ1) is 14.0. The van der Waals surface area contributed by atoms with E-state index in [0.29, 0.717) is 0 Å². The highest BCUT2D eigenvalue weighted by Crippen LogP contribution is 2.18. The molecule has 0 radical (unpaired) electrons. The van der Waals surface area contributed by atoms with Crippen LogP contribution in [0.3, 0.4) is 0 Å². The highest BCUT2D eigenvalue weighted by molar-refractivity contribution is 9.10. The Balaban J connectivity index is 1.70. The number of hydrogen-bond acceptors (Lipinski definition) is 3. The van der Waals surface area contributed by atoms with Crippen LogP contribution in [0.4, 0.5) is 5.82 Å². The Morgan fingerprint density at radius 2 is 1.95 bits per heavy atom. The standard InChI is InChI=1S/C17H16BrN3/c1-12-15(18)7-8-16(21-12)19-11-9-14-5-2-4-13-6-3-10-20-17(13)14/h2-8,10H,9,11H2,1H3,(H,19,21). The van der Waals surface area contributed by atoms with E-state index in [-0.39, 0.29) is 0 Å². The van der Waals surface area contributed by atoms with E-state index in [2.05, 4.69) is 55.5 Å². The minimum absolute atomic E-state index is 0.837. The molecular weight excluding hydrogens is 326 g/mol. The molecule has 2 aromatic heterocycles. The number of pyridine rings is 2. The largest absolute Gasteiger partial charge is 0.370 e. The summed E-state index contributed by atoms with van der Waals surface area (Å²) in [5.41, 5.74) is 3.34. The maximum Gasteiger partial charge on any atom is 0.126 e. The fraction of sp³-hybridized carbons (Fsp3) is 0.176. The van der Waals surface area contributed by atoms with Crippen molar-refractivity contribution in [3.8, 4) is 0 Å². The van der Waals surface area contributed by atoms with Crippen molar-refractivity contribution in [3.63, 3.8) is 0 Å². The van der Waals surface area contributed by atoms with E-state index >= 15 is 0 Å². The molecule has 0 fully saturated rings. The zero-order valence-corrected chi connectivity index (χ0v) is 13.4. The molecule has 0 spiro atoms. The van der Waals surface area contributed by atoms with E-state index in [4.69, 9.17) is 0 Å². The second-order valence-electron chi connectivity index (χ2n) is 4.93. The maximum absolute atomic E-state index is 4.49. The van der Waals surface area contributed by atoms with Gasteiger partial charge in [-0.1, -0.05) is 24.3 Å². The molecule has 0 aliphatic heterocycles. The van der Waals surface area contributed by atoms with E-state index in [1.807, 2.05) is 31.3 Å². The number of fused-ring (bicyclic) bond motifs is 1. The molecule has 0 atom stereocenters. The normalized spacial score (nSPS) is 10.8. The summed E-state index contributed by atoms with van der Waals surface area (Å²) in [6.45, 7) is 2.83. The van der Waals surface area contributed by atoms with Crippen molar-refractivity contribution in [2.24, 2.45) is 0 Å². The number of benzene rings is 1. The summed E-state index contributed by atoms with van der Waals surface area (Å²) in [6, 6.07) is 14.4. The molecule has 106 valence electrons. The van der Waals surface area contributed by atoms with Gasteiger partial charge in [0.15, 0.2) is 0 Å². The molecule has 3 aromatic rings. The van der Waals surface area contributed by atoms with Crippen molar-refractivity contribution < 1.29 is 0 Å². The predicted molar refractivity (Wildman–Crippen MR) is 90.6 cm³/mol. The molecule has 4 heteroatoms. The molecule has 21 heavy (non-hydrogen) atoms. The van der Waals surface area contributed by atoms with E-state index < -0.39 is 0 Å². The molecule has 3 rings (SSSR count). The van der Waals surface area contributed by atoms with Gasteiger partial charge >= 0.3 is 0 Å². The van der Waals surface area contributed by atoms with Crippen LogP contribution in [0.2, 0.25) is 0 Å². The molecule has 1 aromatic carbocycles. The van der Waals surface area contributed by atoms with Crippen LogP contribution in [-0.2, 0) is 6.42 Å². The maximum atomic E-state index is 4.49. The third-order valence-corrected chi connectivity index (χ3v) is 4.28. The number of hydrogen-bond donors (Lipinski definition) is 1. The van der Waals surface area contributed by atoms with Gasteiger partial charge in [0.25, 0.3) is 0 Å². The zero-order chi connectivity index (χ0) is 14.7.